The van der Waals surface area contributed by atoms with Crippen molar-refractivity contribution >= 4 is 17.3 Å². The fraction of sp³-hybridized carbons (Fsp3) is 0.231. The summed E-state index contributed by atoms with van der Waals surface area (Å²) in [5.74, 6) is 0.916. The van der Waals surface area contributed by atoms with Gasteiger partial charge in [0, 0.05) is 10.7 Å². The first-order chi connectivity index (χ1) is 7.68. The summed E-state index contributed by atoms with van der Waals surface area (Å²) in [6.45, 7) is 4.05. The van der Waals surface area contributed by atoms with E-state index in [1.165, 1.54) is 0 Å². The molecule has 0 saturated heterocycles. The minimum atomic E-state index is 0.132. The van der Waals surface area contributed by atoms with Crippen LogP contribution in [0.15, 0.2) is 41.0 Å². The zero-order chi connectivity index (χ0) is 11.5. The van der Waals surface area contributed by atoms with Gasteiger partial charge in [0.25, 0.3) is 0 Å². The Morgan fingerprint density at radius 1 is 1.25 bits per heavy atom. The fourth-order valence-corrected chi connectivity index (χ4v) is 1.78. The van der Waals surface area contributed by atoms with Gasteiger partial charge in [-0.25, -0.2) is 0 Å². The quantitative estimate of drug-likeness (QED) is 0.852. The Morgan fingerprint density at radius 3 is 2.75 bits per heavy atom. The van der Waals surface area contributed by atoms with Crippen LogP contribution in [0.25, 0.3) is 0 Å². The third-order valence-electron chi connectivity index (χ3n) is 2.61. The smallest absolute Gasteiger partial charge is 0.125 e. The maximum atomic E-state index is 6.06. The summed E-state index contributed by atoms with van der Waals surface area (Å²) in [6.07, 6.45) is 1.68. The normalized spacial score (nSPS) is 12.4. The monoisotopic (exact) mass is 235 g/mol. The van der Waals surface area contributed by atoms with Crippen LogP contribution in [0.2, 0.25) is 5.02 Å². The first kappa shape index (κ1) is 11.1. The van der Waals surface area contributed by atoms with Crippen LogP contribution in [-0.2, 0) is 0 Å². The Morgan fingerprint density at radius 2 is 2.06 bits per heavy atom. The molecule has 16 heavy (non-hydrogen) atoms. The molecule has 1 N–H and O–H groups in total. The molecule has 1 aromatic heterocycles. The summed E-state index contributed by atoms with van der Waals surface area (Å²) >= 11 is 6.06. The van der Waals surface area contributed by atoms with Crippen molar-refractivity contribution in [3.8, 4) is 0 Å². The van der Waals surface area contributed by atoms with Gasteiger partial charge in [0.2, 0.25) is 0 Å². The topological polar surface area (TPSA) is 25.2 Å². The molecule has 2 nitrogen and oxygen atoms in total. The van der Waals surface area contributed by atoms with Gasteiger partial charge in [-0.3, -0.25) is 0 Å². The standard InChI is InChI=1S/C13H14ClNO/c1-9-11(14)5-3-6-12(9)15-10(2)13-7-4-8-16-13/h3-8,10,15H,1-2H3. The number of anilines is 1. The van der Waals surface area contributed by atoms with Crippen LogP contribution in [-0.4, -0.2) is 0 Å². The number of halogens is 1. The molecule has 1 heterocycles. The van der Waals surface area contributed by atoms with E-state index < -0.39 is 0 Å². The zero-order valence-corrected chi connectivity index (χ0v) is 10.1. The molecule has 0 aliphatic heterocycles. The van der Waals surface area contributed by atoms with E-state index >= 15 is 0 Å². The molecule has 0 fully saturated rings. The number of hydrogen-bond acceptors (Lipinski definition) is 2. The van der Waals surface area contributed by atoms with Crippen LogP contribution in [0.3, 0.4) is 0 Å². The molecule has 0 aliphatic rings. The molecule has 0 saturated carbocycles. The van der Waals surface area contributed by atoms with Crippen LogP contribution in [0.1, 0.15) is 24.3 Å². The van der Waals surface area contributed by atoms with Crippen molar-refractivity contribution in [2.24, 2.45) is 0 Å². The summed E-state index contributed by atoms with van der Waals surface area (Å²) in [4.78, 5) is 0. The highest BCUT2D eigenvalue weighted by molar-refractivity contribution is 6.31. The Balaban J connectivity index is 2.18. The predicted octanol–water partition coefficient (Wildman–Crippen LogP) is 4.41. The van der Waals surface area contributed by atoms with Gasteiger partial charge in [-0.2, -0.15) is 0 Å². The Hall–Kier alpha value is -1.41. The SMILES string of the molecule is Cc1c(Cl)cccc1NC(C)c1ccco1. The molecule has 2 aromatic rings. The molecule has 84 valence electrons. The van der Waals surface area contributed by atoms with E-state index in [1.807, 2.05) is 37.3 Å². The Labute approximate surface area is 100 Å². The lowest BCUT2D eigenvalue weighted by molar-refractivity contribution is 0.490. The second-order valence-electron chi connectivity index (χ2n) is 3.79. The van der Waals surface area contributed by atoms with E-state index in [9.17, 15) is 0 Å². The van der Waals surface area contributed by atoms with Crippen molar-refractivity contribution in [2.75, 3.05) is 5.32 Å². The maximum absolute atomic E-state index is 6.06. The van der Waals surface area contributed by atoms with Gasteiger partial charge in [-0.05, 0) is 43.7 Å². The largest absolute Gasteiger partial charge is 0.467 e. The third-order valence-corrected chi connectivity index (χ3v) is 3.02. The molecule has 1 aromatic carbocycles. The van der Waals surface area contributed by atoms with Gasteiger partial charge in [-0.15, -0.1) is 0 Å². The van der Waals surface area contributed by atoms with Crippen LogP contribution < -0.4 is 5.32 Å². The molecular formula is C13H14ClNO. The third kappa shape index (κ3) is 2.22. The highest BCUT2D eigenvalue weighted by atomic mass is 35.5. The van der Waals surface area contributed by atoms with Crippen LogP contribution in [0.5, 0.6) is 0 Å². The Kier molecular flexibility index (Phi) is 3.20. The van der Waals surface area contributed by atoms with Crippen molar-refractivity contribution in [1.29, 1.82) is 0 Å². The summed E-state index contributed by atoms with van der Waals surface area (Å²) in [7, 11) is 0. The minimum Gasteiger partial charge on any atom is -0.467 e. The van der Waals surface area contributed by atoms with Crippen molar-refractivity contribution in [3.63, 3.8) is 0 Å². The van der Waals surface area contributed by atoms with Gasteiger partial charge in [0.15, 0.2) is 0 Å². The lowest BCUT2D eigenvalue weighted by Crippen LogP contribution is -2.06. The van der Waals surface area contributed by atoms with Crippen LogP contribution in [0, 0.1) is 6.92 Å². The number of nitrogens with one attached hydrogen (secondary N) is 1. The first-order valence-corrected chi connectivity index (χ1v) is 5.61. The highest BCUT2D eigenvalue weighted by Gasteiger charge is 2.09. The van der Waals surface area contributed by atoms with E-state index in [2.05, 4.69) is 12.2 Å². The van der Waals surface area contributed by atoms with E-state index in [4.69, 9.17) is 16.0 Å². The summed E-state index contributed by atoms with van der Waals surface area (Å²) in [5, 5.41) is 4.15. The lowest BCUT2D eigenvalue weighted by atomic mass is 10.1. The van der Waals surface area contributed by atoms with Crippen LogP contribution in [0.4, 0.5) is 5.69 Å². The highest BCUT2D eigenvalue weighted by Crippen LogP contribution is 2.26. The number of benzene rings is 1. The van der Waals surface area contributed by atoms with Crippen molar-refractivity contribution in [3.05, 3.63) is 52.9 Å². The van der Waals surface area contributed by atoms with E-state index in [-0.39, 0.29) is 6.04 Å². The number of furan rings is 1. The maximum Gasteiger partial charge on any atom is 0.125 e. The summed E-state index contributed by atoms with van der Waals surface area (Å²) in [5.41, 5.74) is 2.10. The first-order valence-electron chi connectivity index (χ1n) is 5.23. The molecule has 0 aliphatic carbocycles. The molecule has 0 radical (unpaired) electrons. The molecule has 2 rings (SSSR count). The second kappa shape index (κ2) is 4.62. The predicted molar refractivity (Wildman–Crippen MR) is 66.9 cm³/mol. The lowest BCUT2D eigenvalue weighted by Gasteiger charge is -2.15. The van der Waals surface area contributed by atoms with Gasteiger partial charge < -0.3 is 9.73 Å². The second-order valence-corrected chi connectivity index (χ2v) is 4.20. The molecule has 1 unspecified atom stereocenters. The van der Waals surface area contributed by atoms with Crippen molar-refractivity contribution < 1.29 is 4.42 Å². The summed E-state index contributed by atoms with van der Waals surface area (Å²) < 4.78 is 5.34. The fourth-order valence-electron chi connectivity index (χ4n) is 1.61. The van der Waals surface area contributed by atoms with Crippen molar-refractivity contribution in [2.45, 2.75) is 19.9 Å². The van der Waals surface area contributed by atoms with Crippen LogP contribution >= 0.6 is 11.6 Å². The molecular weight excluding hydrogens is 222 g/mol. The number of hydrogen-bond donors (Lipinski definition) is 1. The summed E-state index contributed by atoms with van der Waals surface area (Å²) in [6, 6.07) is 9.81. The molecule has 0 spiro atoms. The molecule has 0 bridgehead atoms. The van der Waals surface area contributed by atoms with Gasteiger partial charge in [0.1, 0.15) is 5.76 Å². The van der Waals surface area contributed by atoms with Crippen molar-refractivity contribution in [1.82, 2.24) is 0 Å². The van der Waals surface area contributed by atoms with Gasteiger partial charge in [-0.1, -0.05) is 17.7 Å². The minimum absolute atomic E-state index is 0.132. The number of rotatable bonds is 3. The molecule has 3 heteroatoms. The Bertz CT molecular complexity index is 465. The van der Waals surface area contributed by atoms with Gasteiger partial charge >= 0.3 is 0 Å². The molecule has 1 atom stereocenters. The van der Waals surface area contributed by atoms with E-state index in [0.717, 1.165) is 22.0 Å². The van der Waals surface area contributed by atoms with E-state index in [0.29, 0.717) is 0 Å². The average molecular weight is 236 g/mol. The molecule has 0 amide bonds. The van der Waals surface area contributed by atoms with E-state index in [1.54, 1.807) is 6.26 Å². The zero-order valence-electron chi connectivity index (χ0n) is 9.33. The average Bonchev–Trinajstić information content (AvgIpc) is 2.78. The van der Waals surface area contributed by atoms with Gasteiger partial charge in [0.05, 0.1) is 12.3 Å².